The summed E-state index contributed by atoms with van der Waals surface area (Å²) in [6.45, 7) is 5.89. The molecule has 0 unspecified atom stereocenters. The molecule has 1 aliphatic heterocycles. The first-order chi connectivity index (χ1) is 7.92. The molecule has 1 rings (SSSR count). The Labute approximate surface area is 108 Å². The molecule has 0 aromatic heterocycles. The second-order valence-electron chi connectivity index (χ2n) is 4.80. The minimum atomic E-state index is -0.986. The Hall–Kier alpha value is -0.970. The van der Waals surface area contributed by atoms with Crippen LogP contribution in [0.15, 0.2) is 12.2 Å². The molecule has 0 atom stereocenters. The van der Waals surface area contributed by atoms with E-state index in [4.69, 9.17) is 0 Å². The van der Waals surface area contributed by atoms with Crippen molar-refractivity contribution in [2.45, 2.75) is 39.1 Å². The number of amides is 2. The topological polar surface area (TPSA) is 58.2 Å². The molecule has 0 saturated carbocycles. The molecule has 1 aliphatic rings. The fourth-order valence-electron chi connectivity index (χ4n) is 2.13. The summed E-state index contributed by atoms with van der Waals surface area (Å²) < 4.78 is 0. The van der Waals surface area contributed by atoms with E-state index in [1.165, 1.54) is 0 Å². The third-order valence-corrected chi connectivity index (χ3v) is 3.12. The van der Waals surface area contributed by atoms with Crippen molar-refractivity contribution in [3.8, 4) is 0 Å². The fraction of sp³-hybridized carbons (Fsp3) is 0.667. The van der Waals surface area contributed by atoms with Gasteiger partial charge in [-0.1, -0.05) is 26.0 Å². The number of allylic oxidation sites excluding steroid dienone is 2. The highest BCUT2D eigenvalue weighted by molar-refractivity contribution is 7.80. The zero-order chi connectivity index (χ0) is 13.1. The smallest absolute Gasteiger partial charge is 0.238 e. The van der Waals surface area contributed by atoms with Gasteiger partial charge in [-0.25, -0.2) is 0 Å². The van der Waals surface area contributed by atoms with Gasteiger partial charge in [-0.2, -0.15) is 0 Å². The summed E-state index contributed by atoms with van der Waals surface area (Å²) in [5.41, 5.74) is -1.57. The summed E-state index contributed by atoms with van der Waals surface area (Å²) in [5, 5.41) is 5.35. The Morgan fingerprint density at radius 1 is 1.35 bits per heavy atom. The molecule has 4 nitrogen and oxygen atoms in total. The minimum absolute atomic E-state index is 0.229. The van der Waals surface area contributed by atoms with Gasteiger partial charge in [0.15, 0.2) is 0 Å². The van der Waals surface area contributed by atoms with Crippen molar-refractivity contribution in [3.05, 3.63) is 12.2 Å². The Bertz CT molecular complexity index is 321. The van der Waals surface area contributed by atoms with E-state index in [1.807, 2.05) is 32.9 Å². The van der Waals surface area contributed by atoms with Crippen LogP contribution in [0.4, 0.5) is 0 Å². The molecule has 5 heteroatoms. The molecule has 0 spiro atoms. The monoisotopic (exact) mass is 256 g/mol. The maximum atomic E-state index is 12.1. The predicted octanol–water partition coefficient (Wildman–Crippen LogP) is 1.44. The summed E-state index contributed by atoms with van der Waals surface area (Å²) >= 11 is 4.06. The quantitative estimate of drug-likeness (QED) is 0.405. The van der Waals surface area contributed by atoms with Crippen molar-refractivity contribution in [3.63, 3.8) is 0 Å². The highest BCUT2D eigenvalue weighted by atomic mass is 32.1. The number of nitrogens with one attached hydrogen (secondary N) is 2. The average molecular weight is 256 g/mol. The average Bonchev–Trinajstić information content (AvgIpc) is 2.21. The third kappa shape index (κ3) is 3.03. The van der Waals surface area contributed by atoms with Crippen molar-refractivity contribution >= 4 is 24.4 Å². The van der Waals surface area contributed by atoms with Crippen LogP contribution in [0, 0.1) is 11.3 Å². The first kappa shape index (κ1) is 14.1. The van der Waals surface area contributed by atoms with Gasteiger partial charge in [-0.15, -0.1) is 12.6 Å². The van der Waals surface area contributed by atoms with E-state index in [0.29, 0.717) is 12.8 Å². The summed E-state index contributed by atoms with van der Waals surface area (Å²) in [5.74, 6) is -0.186. The van der Waals surface area contributed by atoms with Crippen molar-refractivity contribution in [2.24, 2.45) is 11.3 Å². The number of hydrogen-bond donors (Lipinski definition) is 3. The largest absolute Gasteiger partial charge is 0.327 e. The lowest BCUT2D eigenvalue weighted by Gasteiger charge is -2.37. The van der Waals surface area contributed by atoms with E-state index in [2.05, 4.69) is 23.3 Å². The number of rotatable bonds is 4. The number of carbonyl (C=O) groups excluding carboxylic acids is 2. The van der Waals surface area contributed by atoms with Gasteiger partial charge in [0.2, 0.25) is 11.8 Å². The molecule has 2 N–H and O–H groups in total. The Balaban J connectivity index is 3.01. The third-order valence-electron chi connectivity index (χ3n) is 2.86. The molecule has 1 heterocycles. The maximum absolute atomic E-state index is 12.1. The van der Waals surface area contributed by atoms with Crippen LogP contribution in [0.3, 0.4) is 0 Å². The predicted molar refractivity (Wildman–Crippen MR) is 70.4 cm³/mol. The van der Waals surface area contributed by atoms with Crippen LogP contribution in [0.2, 0.25) is 0 Å². The lowest BCUT2D eigenvalue weighted by molar-refractivity contribution is -0.148. The zero-order valence-electron chi connectivity index (χ0n) is 10.5. The van der Waals surface area contributed by atoms with Gasteiger partial charge in [0, 0.05) is 0 Å². The van der Waals surface area contributed by atoms with Gasteiger partial charge in [0.05, 0.1) is 0 Å². The van der Waals surface area contributed by atoms with Gasteiger partial charge in [-0.05, 0) is 25.7 Å². The van der Waals surface area contributed by atoms with E-state index < -0.39 is 10.9 Å². The lowest BCUT2D eigenvalue weighted by Crippen LogP contribution is -2.63. The molecule has 1 saturated heterocycles. The van der Waals surface area contributed by atoms with Gasteiger partial charge < -0.3 is 10.6 Å². The highest BCUT2D eigenvalue weighted by Gasteiger charge is 2.48. The van der Waals surface area contributed by atoms with Gasteiger partial charge >= 0.3 is 0 Å². The summed E-state index contributed by atoms with van der Waals surface area (Å²) in [7, 11) is 0. The van der Waals surface area contributed by atoms with E-state index in [0.717, 1.165) is 0 Å². The van der Waals surface area contributed by atoms with Crippen LogP contribution in [0.25, 0.3) is 0 Å². The van der Waals surface area contributed by atoms with E-state index in [-0.39, 0.29) is 17.7 Å². The van der Waals surface area contributed by atoms with Crippen LogP contribution in [-0.4, -0.2) is 17.3 Å². The van der Waals surface area contributed by atoms with Crippen molar-refractivity contribution in [2.75, 3.05) is 0 Å². The lowest BCUT2D eigenvalue weighted by atomic mass is 9.74. The van der Waals surface area contributed by atoms with Gasteiger partial charge in [0.25, 0.3) is 0 Å². The van der Waals surface area contributed by atoms with E-state index in [1.54, 1.807) is 0 Å². The van der Waals surface area contributed by atoms with Crippen molar-refractivity contribution in [1.82, 2.24) is 10.6 Å². The van der Waals surface area contributed by atoms with Crippen LogP contribution in [-0.2, 0) is 9.59 Å². The first-order valence-electron chi connectivity index (χ1n) is 5.83. The molecule has 17 heavy (non-hydrogen) atoms. The number of thiol groups is 1. The van der Waals surface area contributed by atoms with Crippen molar-refractivity contribution in [1.29, 1.82) is 0 Å². The summed E-state index contributed by atoms with van der Waals surface area (Å²) in [4.78, 5) is 24.2. The minimum Gasteiger partial charge on any atom is -0.327 e. The van der Waals surface area contributed by atoms with Gasteiger partial charge in [-0.3, -0.25) is 9.59 Å². The van der Waals surface area contributed by atoms with Gasteiger partial charge in [0.1, 0.15) is 10.9 Å². The second kappa shape index (κ2) is 5.58. The molecule has 0 aromatic rings. The molecule has 96 valence electrons. The SMILES string of the molecule is C/C=C/CC1(CC(C)C)C(=O)NC(S)NC1=O. The Kier molecular flexibility index (Phi) is 4.62. The number of hydrogen-bond acceptors (Lipinski definition) is 3. The molecular formula is C12H20N2O2S. The molecule has 0 aliphatic carbocycles. The standard InChI is InChI=1S/C12H20N2O2S/c1-4-5-6-12(7-8(2)3)9(15)13-11(17)14-10(12)16/h4-5,8,11,17H,6-7H2,1-3H3,(H,13,15)(H,14,16)/b5-4+. The number of carbonyl (C=O) groups is 2. The van der Waals surface area contributed by atoms with Crippen molar-refractivity contribution < 1.29 is 9.59 Å². The molecule has 0 aromatic carbocycles. The molecule has 0 radical (unpaired) electrons. The summed E-state index contributed by atoms with van der Waals surface area (Å²) in [6.07, 6.45) is 4.69. The van der Waals surface area contributed by atoms with E-state index >= 15 is 0 Å². The fourth-order valence-corrected chi connectivity index (χ4v) is 2.37. The molecule has 2 amide bonds. The van der Waals surface area contributed by atoms with Crippen LogP contribution in [0.5, 0.6) is 0 Å². The molecular weight excluding hydrogens is 236 g/mol. The Morgan fingerprint density at radius 2 is 1.88 bits per heavy atom. The van der Waals surface area contributed by atoms with Crippen LogP contribution >= 0.6 is 12.6 Å². The second-order valence-corrected chi connectivity index (χ2v) is 5.32. The maximum Gasteiger partial charge on any atom is 0.238 e. The van der Waals surface area contributed by atoms with Crippen LogP contribution in [0.1, 0.15) is 33.6 Å². The zero-order valence-corrected chi connectivity index (χ0v) is 11.4. The molecule has 0 bridgehead atoms. The molecule has 1 fully saturated rings. The summed E-state index contributed by atoms with van der Waals surface area (Å²) in [6, 6.07) is 0. The normalized spacial score (nSPS) is 29.6. The highest BCUT2D eigenvalue weighted by Crippen LogP contribution is 2.34. The van der Waals surface area contributed by atoms with E-state index in [9.17, 15) is 9.59 Å². The Morgan fingerprint density at radius 3 is 2.29 bits per heavy atom. The van der Waals surface area contributed by atoms with Crippen LogP contribution < -0.4 is 10.6 Å². The first-order valence-corrected chi connectivity index (χ1v) is 6.35.